The van der Waals surface area contributed by atoms with Crippen molar-refractivity contribution in [2.75, 3.05) is 12.4 Å². The van der Waals surface area contributed by atoms with Gasteiger partial charge in [-0.1, -0.05) is 0 Å². The number of imidazole rings is 1. The van der Waals surface area contributed by atoms with Crippen molar-refractivity contribution in [3.63, 3.8) is 0 Å². The van der Waals surface area contributed by atoms with Gasteiger partial charge in [0.05, 0.1) is 12.8 Å². The molecule has 0 radical (unpaired) electrons. The van der Waals surface area contributed by atoms with Crippen molar-refractivity contribution >= 4 is 23.6 Å². The molecule has 43 heavy (non-hydrogen) atoms. The van der Waals surface area contributed by atoms with Gasteiger partial charge in [0.25, 0.3) is 0 Å². The third-order valence-corrected chi connectivity index (χ3v) is 6.42. The molecule has 224 valence electrons. The van der Waals surface area contributed by atoms with Gasteiger partial charge in [-0.15, -0.1) is 0 Å². The van der Waals surface area contributed by atoms with E-state index in [4.69, 9.17) is 14.5 Å². The van der Waals surface area contributed by atoms with Gasteiger partial charge in [-0.05, 0) is 64.0 Å². The lowest BCUT2D eigenvalue weighted by molar-refractivity contribution is -0.148. The van der Waals surface area contributed by atoms with Crippen LogP contribution in [0.1, 0.15) is 56.5 Å². The van der Waals surface area contributed by atoms with Crippen LogP contribution >= 0.6 is 0 Å². The van der Waals surface area contributed by atoms with Gasteiger partial charge >= 0.3 is 12.1 Å². The normalized spacial score (nSPS) is 13.8. The van der Waals surface area contributed by atoms with Crippen LogP contribution in [0, 0.1) is 0 Å². The van der Waals surface area contributed by atoms with Crippen molar-refractivity contribution < 1.29 is 27.4 Å². The van der Waals surface area contributed by atoms with E-state index in [1.807, 2.05) is 0 Å². The number of carbonyl (C=O) groups is 1. The third kappa shape index (κ3) is 6.99. The molecule has 5 rings (SSSR count). The van der Waals surface area contributed by atoms with Crippen LogP contribution in [0.3, 0.4) is 0 Å². The van der Waals surface area contributed by atoms with Crippen LogP contribution in [-0.2, 0) is 22.8 Å². The minimum atomic E-state index is -4.54. The predicted molar refractivity (Wildman–Crippen MR) is 153 cm³/mol. The van der Waals surface area contributed by atoms with E-state index in [-0.39, 0.29) is 11.7 Å². The fraction of sp³-hybridized carbons (Fsp3) is 0.333. The van der Waals surface area contributed by atoms with Gasteiger partial charge in [0.1, 0.15) is 29.1 Å². The Balaban J connectivity index is 1.51. The SMILES string of the molecule is COc1ncnc(C2CC2)c1-c1ncc(/C=C/C(=O)OC(C)(C)C)c(Nc2ccc(-c3nc(C(F)(F)F)cn3C)cc2)n1. The molecule has 4 aromatic rings. The molecule has 0 spiro atoms. The summed E-state index contributed by atoms with van der Waals surface area (Å²) in [4.78, 5) is 34.2. The van der Waals surface area contributed by atoms with Crippen LogP contribution < -0.4 is 10.1 Å². The lowest BCUT2D eigenvalue weighted by Crippen LogP contribution is -2.22. The number of methoxy groups -OCH3 is 1. The molecule has 1 N–H and O–H groups in total. The molecule has 0 atom stereocenters. The highest BCUT2D eigenvalue weighted by molar-refractivity contribution is 5.89. The molecule has 0 unspecified atom stereocenters. The Morgan fingerprint density at radius 3 is 2.40 bits per heavy atom. The number of halogens is 3. The molecule has 3 heterocycles. The molecule has 0 bridgehead atoms. The Hall–Kier alpha value is -4.81. The smallest absolute Gasteiger partial charge is 0.434 e. The molecule has 1 aliphatic carbocycles. The molecule has 1 aromatic carbocycles. The molecular formula is C30H30F3N7O3. The monoisotopic (exact) mass is 593 g/mol. The predicted octanol–water partition coefficient (Wildman–Crippen LogP) is 6.34. The number of aryl methyl sites for hydroxylation is 1. The zero-order valence-corrected chi connectivity index (χ0v) is 24.2. The molecule has 13 heteroatoms. The number of alkyl halides is 3. The molecule has 1 aliphatic rings. The molecule has 3 aromatic heterocycles. The summed E-state index contributed by atoms with van der Waals surface area (Å²) in [6, 6.07) is 6.70. The third-order valence-electron chi connectivity index (χ3n) is 6.42. The maximum absolute atomic E-state index is 13.2. The van der Waals surface area contributed by atoms with Crippen LogP contribution in [0.4, 0.5) is 24.7 Å². The van der Waals surface area contributed by atoms with E-state index >= 15 is 0 Å². The Morgan fingerprint density at radius 2 is 1.79 bits per heavy atom. The Bertz CT molecular complexity index is 1670. The summed E-state index contributed by atoms with van der Waals surface area (Å²) in [5.41, 5.74) is 1.33. The first-order valence-corrected chi connectivity index (χ1v) is 13.5. The number of anilines is 2. The lowest BCUT2D eigenvalue weighted by Gasteiger charge is -2.18. The molecule has 10 nitrogen and oxygen atoms in total. The van der Waals surface area contributed by atoms with Crippen molar-refractivity contribution in [3.05, 3.63) is 66.0 Å². The second-order valence-corrected chi connectivity index (χ2v) is 11.0. The summed E-state index contributed by atoms with van der Waals surface area (Å²) in [7, 11) is 3.02. The molecule has 0 amide bonds. The van der Waals surface area contributed by atoms with Crippen LogP contribution in [0.25, 0.3) is 28.9 Å². The highest BCUT2D eigenvalue weighted by Crippen LogP contribution is 2.45. The second kappa shape index (κ2) is 11.5. The first-order chi connectivity index (χ1) is 20.3. The Labute approximate surface area is 246 Å². The number of ether oxygens (including phenoxy) is 2. The second-order valence-electron chi connectivity index (χ2n) is 11.0. The van der Waals surface area contributed by atoms with Crippen LogP contribution in [0.15, 0.2) is 49.1 Å². The van der Waals surface area contributed by atoms with E-state index in [1.54, 1.807) is 57.3 Å². The first kappa shape index (κ1) is 29.7. The topological polar surface area (TPSA) is 117 Å². The van der Waals surface area contributed by atoms with E-state index in [0.29, 0.717) is 39.9 Å². The largest absolute Gasteiger partial charge is 0.480 e. The number of carbonyl (C=O) groups excluding carboxylic acids is 1. The first-order valence-electron chi connectivity index (χ1n) is 13.5. The maximum atomic E-state index is 13.2. The summed E-state index contributed by atoms with van der Waals surface area (Å²) in [6.07, 6.45) is 4.23. The maximum Gasteiger partial charge on any atom is 0.434 e. The molecule has 0 saturated heterocycles. The van der Waals surface area contributed by atoms with E-state index in [2.05, 4.69) is 25.3 Å². The fourth-order valence-corrected chi connectivity index (χ4v) is 4.35. The number of hydrogen-bond acceptors (Lipinski definition) is 9. The summed E-state index contributed by atoms with van der Waals surface area (Å²) in [6.45, 7) is 5.32. The van der Waals surface area contributed by atoms with Gasteiger partial charge < -0.3 is 19.4 Å². The summed E-state index contributed by atoms with van der Waals surface area (Å²) >= 11 is 0. The minimum absolute atomic E-state index is 0.174. The molecule has 0 aliphatic heterocycles. The number of aromatic nitrogens is 6. The number of nitrogens with zero attached hydrogens (tertiary/aromatic N) is 6. The number of rotatable bonds is 8. The zero-order chi connectivity index (χ0) is 30.9. The minimum Gasteiger partial charge on any atom is -0.480 e. The Morgan fingerprint density at radius 1 is 1.07 bits per heavy atom. The fourth-order valence-electron chi connectivity index (χ4n) is 4.35. The van der Waals surface area contributed by atoms with Gasteiger partial charge in [-0.25, -0.2) is 29.7 Å². The number of hydrogen-bond donors (Lipinski definition) is 1. The highest BCUT2D eigenvalue weighted by atomic mass is 19.4. The van der Waals surface area contributed by atoms with E-state index in [1.165, 1.54) is 31.1 Å². The summed E-state index contributed by atoms with van der Waals surface area (Å²) in [5, 5.41) is 3.24. The summed E-state index contributed by atoms with van der Waals surface area (Å²) < 4.78 is 51.7. The van der Waals surface area contributed by atoms with Crippen molar-refractivity contribution in [1.82, 2.24) is 29.5 Å². The van der Waals surface area contributed by atoms with Crippen LogP contribution in [0.2, 0.25) is 0 Å². The highest BCUT2D eigenvalue weighted by Gasteiger charge is 2.34. The number of benzene rings is 1. The quantitative estimate of drug-likeness (QED) is 0.185. The Kier molecular flexibility index (Phi) is 7.91. The van der Waals surface area contributed by atoms with Gasteiger partial charge in [-0.2, -0.15) is 13.2 Å². The van der Waals surface area contributed by atoms with Crippen molar-refractivity contribution in [2.45, 2.75) is 51.3 Å². The van der Waals surface area contributed by atoms with Crippen LogP contribution in [0.5, 0.6) is 5.88 Å². The van der Waals surface area contributed by atoms with Crippen LogP contribution in [-0.4, -0.2) is 48.2 Å². The molecular weight excluding hydrogens is 563 g/mol. The van der Waals surface area contributed by atoms with E-state index in [9.17, 15) is 18.0 Å². The van der Waals surface area contributed by atoms with E-state index < -0.39 is 23.4 Å². The average Bonchev–Trinajstić information content (AvgIpc) is 3.71. The average molecular weight is 594 g/mol. The summed E-state index contributed by atoms with van der Waals surface area (Å²) in [5.74, 6) is 0.942. The lowest BCUT2D eigenvalue weighted by atomic mass is 10.1. The molecule has 1 fully saturated rings. The van der Waals surface area contributed by atoms with Crippen molar-refractivity contribution in [2.24, 2.45) is 7.05 Å². The van der Waals surface area contributed by atoms with Gasteiger partial charge in [0.2, 0.25) is 5.88 Å². The zero-order valence-electron chi connectivity index (χ0n) is 24.2. The van der Waals surface area contributed by atoms with Gasteiger partial charge in [0, 0.05) is 48.2 Å². The molecule has 1 saturated carbocycles. The van der Waals surface area contributed by atoms with E-state index in [0.717, 1.165) is 24.7 Å². The number of esters is 1. The van der Waals surface area contributed by atoms with Crippen molar-refractivity contribution in [1.29, 1.82) is 0 Å². The van der Waals surface area contributed by atoms with Crippen molar-refractivity contribution in [3.8, 4) is 28.7 Å². The standard InChI is InChI=1S/C30H30F3N7O3/c1-29(2,3)43-22(41)13-10-19-14-34-26(23-24(17-6-7-17)35-16-36-28(23)42-5)39-25(19)37-20-11-8-18(9-12-20)27-38-21(15-40(27)4)30(31,32)33/h8-17H,6-7H2,1-5H3,(H,34,37,39)/b13-10+. The number of nitrogens with one attached hydrogen (secondary N) is 1. The van der Waals surface area contributed by atoms with Gasteiger partial charge in [0.15, 0.2) is 11.5 Å². The van der Waals surface area contributed by atoms with Gasteiger partial charge in [-0.3, -0.25) is 0 Å².